The highest BCUT2D eigenvalue weighted by atomic mass is 16.6. The molecular weight excluding hydrogens is 334 g/mol. The van der Waals surface area contributed by atoms with Crippen LogP contribution in [-0.4, -0.2) is 31.3 Å². The third-order valence-corrected chi connectivity index (χ3v) is 3.41. The van der Waals surface area contributed by atoms with Crippen molar-refractivity contribution >= 4 is 12.1 Å². The highest BCUT2D eigenvalue weighted by Gasteiger charge is 2.26. The number of nitrogens with one attached hydrogen (secondary N) is 1. The standard InChI is InChI=1S/C20H31NO5/c1-7-8-14(2)13-25-16-11-9-15(10-12-16)17(18(22)24-6)21-19(23)26-20(3,4)5/h9-12,14,17H,7-8,13H2,1-6H3,(H,21,23)/t14-,17-/m1/s1/i13D2. The number of amides is 1. The fourth-order valence-corrected chi connectivity index (χ4v) is 2.21. The molecule has 1 N–H and O–H groups in total. The van der Waals surface area contributed by atoms with Gasteiger partial charge in [0.1, 0.15) is 11.4 Å². The quantitative estimate of drug-likeness (QED) is 0.696. The molecule has 0 heterocycles. The molecule has 0 aliphatic rings. The summed E-state index contributed by atoms with van der Waals surface area (Å²) in [6.07, 6.45) is 0.822. The Balaban J connectivity index is 2.94. The molecule has 1 aromatic rings. The molecular formula is C20H31NO5. The van der Waals surface area contributed by atoms with Gasteiger partial charge in [-0.05, 0) is 50.8 Å². The van der Waals surface area contributed by atoms with Gasteiger partial charge in [0.15, 0.2) is 6.04 Å². The first-order valence-electron chi connectivity index (χ1n) is 9.76. The second-order valence-electron chi connectivity index (χ2n) is 7.08. The molecule has 0 unspecified atom stereocenters. The Morgan fingerprint density at radius 2 is 1.85 bits per heavy atom. The summed E-state index contributed by atoms with van der Waals surface area (Å²) in [5, 5.41) is 2.49. The van der Waals surface area contributed by atoms with Crippen LogP contribution in [0.4, 0.5) is 4.79 Å². The van der Waals surface area contributed by atoms with E-state index in [1.807, 2.05) is 6.92 Å². The van der Waals surface area contributed by atoms with Crippen LogP contribution in [0.2, 0.25) is 0 Å². The Bertz CT molecular complexity index is 656. The number of hydrogen-bond donors (Lipinski definition) is 1. The summed E-state index contributed by atoms with van der Waals surface area (Å²) in [6.45, 7) is 7.15. The molecule has 6 nitrogen and oxygen atoms in total. The second kappa shape index (κ2) is 10.0. The fourth-order valence-electron chi connectivity index (χ4n) is 2.21. The number of carbonyl (C=O) groups is 2. The highest BCUT2D eigenvalue weighted by molar-refractivity contribution is 5.82. The van der Waals surface area contributed by atoms with Crippen LogP contribution in [0.25, 0.3) is 0 Å². The maximum absolute atomic E-state index is 12.1. The van der Waals surface area contributed by atoms with Gasteiger partial charge in [0.05, 0.1) is 16.4 Å². The molecule has 1 rings (SSSR count). The van der Waals surface area contributed by atoms with E-state index in [2.05, 4.69) is 5.32 Å². The lowest BCUT2D eigenvalue weighted by Crippen LogP contribution is -2.38. The van der Waals surface area contributed by atoms with Crippen LogP contribution in [0.3, 0.4) is 0 Å². The topological polar surface area (TPSA) is 73.9 Å². The molecule has 0 radical (unpaired) electrons. The first-order valence-corrected chi connectivity index (χ1v) is 8.76. The van der Waals surface area contributed by atoms with Gasteiger partial charge in [-0.1, -0.05) is 32.4 Å². The number of carbonyl (C=O) groups excluding carboxylic acids is 2. The van der Waals surface area contributed by atoms with E-state index in [0.29, 0.717) is 17.7 Å². The predicted octanol–water partition coefficient (Wildman–Crippen LogP) is 4.24. The molecule has 6 heteroatoms. The van der Waals surface area contributed by atoms with E-state index < -0.39 is 30.3 Å². The van der Waals surface area contributed by atoms with Gasteiger partial charge in [-0.3, -0.25) is 0 Å². The lowest BCUT2D eigenvalue weighted by molar-refractivity contribution is -0.143. The number of benzene rings is 1. The lowest BCUT2D eigenvalue weighted by Gasteiger charge is -2.23. The molecule has 0 aromatic heterocycles. The monoisotopic (exact) mass is 367 g/mol. The first-order chi connectivity index (χ1) is 12.9. The van der Waals surface area contributed by atoms with E-state index in [4.69, 9.17) is 17.0 Å². The first kappa shape index (κ1) is 18.5. The van der Waals surface area contributed by atoms with Gasteiger partial charge in [-0.25, -0.2) is 9.59 Å². The largest absolute Gasteiger partial charge is 0.493 e. The summed E-state index contributed by atoms with van der Waals surface area (Å²) in [5.74, 6) is -0.585. The smallest absolute Gasteiger partial charge is 0.408 e. The van der Waals surface area contributed by atoms with Crippen molar-refractivity contribution in [1.29, 1.82) is 0 Å². The predicted molar refractivity (Wildman–Crippen MR) is 100 cm³/mol. The molecule has 2 atom stereocenters. The van der Waals surface area contributed by atoms with E-state index >= 15 is 0 Å². The van der Waals surface area contributed by atoms with Crippen LogP contribution in [0.15, 0.2) is 24.3 Å². The number of methoxy groups -OCH3 is 1. The van der Waals surface area contributed by atoms with Gasteiger partial charge < -0.3 is 19.5 Å². The average Bonchev–Trinajstić information content (AvgIpc) is 2.58. The number of ether oxygens (including phenoxy) is 3. The van der Waals surface area contributed by atoms with Gasteiger partial charge in [-0.15, -0.1) is 0 Å². The summed E-state index contributed by atoms with van der Waals surface area (Å²) in [6, 6.07) is 5.21. The summed E-state index contributed by atoms with van der Waals surface area (Å²) in [5.41, 5.74) is -0.240. The van der Waals surface area contributed by atoms with Crippen molar-refractivity contribution in [2.75, 3.05) is 13.7 Å². The van der Waals surface area contributed by atoms with Crippen molar-refractivity contribution in [3.05, 3.63) is 29.8 Å². The summed E-state index contributed by atoms with van der Waals surface area (Å²) in [4.78, 5) is 24.1. The summed E-state index contributed by atoms with van der Waals surface area (Å²) in [7, 11) is 1.23. The van der Waals surface area contributed by atoms with Crippen molar-refractivity contribution in [2.24, 2.45) is 5.92 Å². The minimum atomic E-state index is -1.81. The van der Waals surface area contributed by atoms with E-state index in [1.54, 1.807) is 52.0 Å². The highest BCUT2D eigenvalue weighted by Crippen LogP contribution is 2.21. The Morgan fingerprint density at radius 3 is 2.35 bits per heavy atom. The molecule has 1 amide bonds. The molecule has 0 aliphatic heterocycles. The van der Waals surface area contributed by atoms with Crippen molar-refractivity contribution in [1.82, 2.24) is 5.32 Å². The van der Waals surface area contributed by atoms with Crippen molar-refractivity contribution in [2.45, 2.75) is 59.1 Å². The molecule has 26 heavy (non-hydrogen) atoms. The maximum Gasteiger partial charge on any atom is 0.408 e. The van der Waals surface area contributed by atoms with Crippen LogP contribution in [0.5, 0.6) is 5.75 Å². The normalized spacial score (nSPS) is 15.2. The maximum atomic E-state index is 12.1. The van der Waals surface area contributed by atoms with E-state index in [0.717, 1.165) is 6.42 Å². The Labute approximate surface area is 159 Å². The summed E-state index contributed by atoms with van der Waals surface area (Å²) >= 11 is 0. The number of alkyl carbamates (subject to hydrolysis) is 1. The zero-order chi connectivity index (χ0) is 21.5. The van der Waals surface area contributed by atoms with Crippen LogP contribution >= 0.6 is 0 Å². The fraction of sp³-hybridized carbons (Fsp3) is 0.600. The van der Waals surface area contributed by atoms with Gasteiger partial charge in [-0.2, -0.15) is 0 Å². The minimum absolute atomic E-state index is 0.270. The third kappa shape index (κ3) is 7.76. The van der Waals surface area contributed by atoms with Crippen LogP contribution in [0, 0.1) is 5.92 Å². The molecule has 1 aromatic carbocycles. The molecule has 0 aliphatic carbocycles. The van der Waals surface area contributed by atoms with Gasteiger partial charge in [0.25, 0.3) is 0 Å². The number of rotatable bonds is 8. The SMILES string of the molecule is [2H]C([2H])(Oc1ccc([C@@H](NC(=O)OC(C)(C)C)C(=O)OC)cc1)[C@H](C)CCC. The lowest BCUT2D eigenvalue weighted by atomic mass is 10.1. The average molecular weight is 367 g/mol. The van der Waals surface area contributed by atoms with Gasteiger partial charge >= 0.3 is 12.1 Å². The third-order valence-electron chi connectivity index (χ3n) is 3.41. The van der Waals surface area contributed by atoms with Crippen molar-refractivity contribution < 1.29 is 26.5 Å². The number of hydrogen-bond acceptors (Lipinski definition) is 5. The summed E-state index contributed by atoms with van der Waals surface area (Å²) < 4.78 is 31.6. The second-order valence-corrected chi connectivity index (χ2v) is 7.08. The Kier molecular flexibility index (Phi) is 7.16. The molecule has 0 saturated heterocycles. The van der Waals surface area contributed by atoms with Gasteiger partial charge in [0, 0.05) is 0 Å². The van der Waals surface area contributed by atoms with E-state index in [-0.39, 0.29) is 5.92 Å². The van der Waals surface area contributed by atoms with Crippen LogP contribution in [-0.2, 0) is 14.3 Å². The zero-order valence-corrected chi connectivity index (χ0v) is 16.4. The Morgan fingerprint density at radius 1 is 1.23 bits per heavy atom. The van der Waals surface area contributed by atoms with Crippen LogP contribution in [0.1, 0.15) is 61.8 Å². The molecule has 0 bridgehead atoms. The molecule has 146 valence electrons. The molecule has 0 saturated carbocycles. The van der Waals surface area contributed by atoms with Gasteiger partial charge in [0.2, 0.25) is 0 Å². The van der Waals surface area contributed by atoms with E-state index in [9.17, 15) is 9.59 Å². The molecule has 0 fully saturated rings. The zero-order valence-electron chi connectivity index (χ0n) is 18.4. The van der Waals surface area contributed by atoms with Crippen molar-refractivity contribution in [3.8, 4) is 5.75 Å². The molecule has 0 spiro atoms. The van der Waals surface area contributed by atoms with Crippen molar-refractivity contribution in [3.63, 3.8) is 0 Å². The van der Waals surface area contributed by atoms with Crippen LogP contribution < -0.4 is 10.1 Å². The van der Waals surface area contributed by atoms with E-state index in [1.165, 1.54) is 7.11 Å². The minimum Gasteiger partial charge on any atom is -0.493 e. The number of esters is 1. The Hall–Kier alpha value is -2.24.